The summed E-state index contributed by atoms with van der Waals surface area (Å²) < 4.78 is 9.91. The molecule has 1 N–H and O–H groups in total. The summed E-state index contributed by atoms with van der Waals surface area (Å²) in [5.41, 5.74) is 0. The highest BCUT2D eigenvalue weighted by Gasteiger charge is 2.31. The molecule has 0 bridgehead atoms. The van der Waals surface area contributed by atoms with Crippen molar-refractivity contribution in [2.75, 3.05) is 53.0 Å². The van der Waals surface area contributed by atoms with Gasteiger partial charge in [0, 0.05) is 32.7 Å². The van der Waals surface area contributed by atoms with E-state index >= 15 is 0 Å². The van der Waals surface area contributed by atoms with Crippen LogP contribution in [-0.2, 0) is 14.3 Å². The molecule has 2 heterocycles. The van der Waals surface area contributed by atoms with Gasteiger partial charge in [0.1, 0.15) is 6.04 Å². The molecule has 0 aromatic heterocycles. The van der Waals surface area contributed by atoms with E-state index in [4.69, 9.17) is 9.47 Å². The van der Waals surface area contributed by atoms with Gasteiger partial charge in [-0.1, -0.05) is 0 Å². The number of amides is 2. The fourth-order valence-corrected chi connectivity index (χ4v) is 2.18. The fourth-order valence-electron chi connectivity index (χ4n) is 2.18. The number of esters is 1. The topological polar surface area (TPSA) is 71.1 Å². The number of nitrogens with one attached hydrogen (secondary N) is 1. The summed E-state index contributed by atoms with van der Waals surface area (Å²) in [6, 6.07) is -0.442. The summed E-state index contributed by atoms with van der Waals surface area (Å²) >= 11 is 0. The van der Waals surface area contributed by atoms with Gasteiger partial charge in [-0.3, -0.25) is 4.79 Å². The number of ether oxygens (including phenoxy) is 2. The molecule has 2 amide bonds. The summed E-state index contributed by atoms with van der Waals surface area (Å²) in [7, 11) is 1.35. The first-order valence-corrected chi connectivity index (χ1v) is 6.15. The van der Waals surface area contributed by atoms with Crippen molar-refractivity contribution >= 4 is 24.4 Å². The van der Waals surface area contributed by atoms with Crippen LogP contribution in [0.4, 0.5) is 4.79 Å². The molecule has 19 heavy (non-hydrogen) atoms. The maximum absolute atomic E-state index is 12.2. The van der Waals surface area contributed by atoms with Crippen molar-refractivity contribution < 1.29 is 19.1 Å². The molecule has 0 spiro atoms. The number of morpholine rings is 1. The standard InChI is InChI=1S/C11H19N3O4.ClH/c1-17-10(15)9-8-14(3-2-12-9)11(16)13-4-6-18-7-5-13;/h9,12H,2-8H2,1H3;1H. The van der Waals surface area contributed by atoms with Crippen LogP contribution in [0.5, 0.6) is 0 Å². The minimum absolute atomic E-state index is 0. The molecule has 0 saturated carbocycles. The SMILES string of the molecule is COC(=O)C1CN(C(=O)N2CCOCC2)CCN1.Cl. The van der Waals surface area contributed by atoms with Crippen molar-refractivity contribution in [1.82, 2.24) is 15.1 Å². The highest BCUT2D eigenvalue weighted by molar-refractivity contribution is 5.85. The molecule has 0 aliphatic carbocycles. The van der Waals surface area contributed by atoms with Gasteiger partial charge >= 0.3 is 12.0 Å². The van der Waals surface area contributed by atoms with E-state index in [1.165, 1.54) is 7.11 Å². The summed E-state index contributed by atoms with van der Waals surface area (Å²) in [6.45, 7) is 3.98. The number of hydrogen-bond donors (Lipinski definition) is 1. The van der Waals surface area contributed by atoms with Gasteiger partial charge in [0.05, 0.1) is 20.3 Å². The molecule has 2 saturated heterocycles. The van der Waals surface area contributed by atoms with E-state index in [1.807, 2.05) is 0 Å². The lowest BCUT2D eigenvalue weighted by atomic mass is 10.2. The average molecular weight is 294 g/mol. The highest BCUT2D eigenvalue weighted by Crippen LogP contribution is 2.07. The minimum Gasteiger partial charge on any atom is -0.468 e. The van der Waals surface area contributed by atoms with Crippen molar-refractivity contribution in [3.63, 3.8) is 0 Å². The van der Waals surface area contributed by atoms with Gasteiger partial charge in [0.25, 0.3) is 0 Å². The zero-order chi connectivity index (χ0) is 13.0. The first kappa shape index (κ1) is 16.0. The van der Waals surface area contributed by atoms with Crippen molar-refractivity contribution in [2.45, 2.75) is 6.04 Å². The number of nitrogens with zero attached hydrogens (tertiary/aromatic N) is 2. The molecular formula is C11H20ClN3O4. The fraction of sp³-hybridized carbons (Fsp3) is 0.818. The summed E-state index contributed by atoms with van der Waals surface area (Å²) in [4.78, 5) is 27.1. The van der Waals surface area contributed by atoms with Crippen LogP contribution < -0.4 is 5.32 Å². The average Bonchev–Trinajstić information content (AvgIpc) is 2.46. The zero-order valence-electron chi connectivity index (χ0n) is 11.0. The first-order valence-electron chi connectivity index (χ1n) is 6.15. The second kappa shape index (κ2) is 7.52. The van der Waals surface area contributed by atoms with Crippen LogP contribution in [0.1, 0.15) is 0 Å². The molecule has 7 nitrogen and oxygen atoms in total. The Kier molecular flexibility index (Phi) is 6.33. The van der Waals surface area contributed by atoms with Crippen LogP contribution in [0.25, 0.3) is 0 Å². The van der Waals surface area contributed by atoms with Gasteiger partial charge in [-0.15, -0.1) is 12.4 Å². The Labute approximate surface area is 118 Å². The largest absolute Gasteiger partial charge is 0.468 e. The van der Waals surface area contributed by atoms with Gasteiger partial charge in [-0.25, -0.2) is 4.79 Å². The van der Waals surface area contributed by atoms with Gasteiger partial charge in [0.15, 0.2) is 0 Å². The van der Waals surface area contributed by atoms with Crippen LogP contribution in [0, 0.1) is 0 Å². The van der Waals surface area contributed by atoms with Gasteiger partial charge in [0.2, 0.25) is 0 Å². The lowest BCUT2D eigenvalue weighted by Crippen LogP contribution is -2.59. The highest BCUT2D eigenvalue weighted by atomic mass is 35.5. The first-order chi connectivity index (χ1) is 8.72. The van der Waals surface area contributed by atoms with Crippen LogP contribution in [0.2, 0.25) is 0 Å². The Morgan fingerprint density at radius 1 is 1.21 bits per heavy atom. The number of methoxy groups -OCH3 is 1. The number of hydrogen-bond acceptors (Lipinski definition) is 5. The third-order valence-electron chi connectivity index (χ3n) is 3.21. The van der Waals surface area contributed by atoms with Crippen LogP contribution in [0.3, 0.4) is 0 Å². The number of carbonyl (C=O) groups is 2. The molecule has 2 aliphatic rings. The van der Waals surface area contributed by atoms with E-state index in [2.05, 4.69) is 5.32 Å². The van der Waals surface area contributed by atoms with E-state index < -0.39 is 6.04 Å². The van der Waals surface area contributed by atoms with Crippen molar-refractivity contribution in [2.24, 2.45) is 0 Å². The Balaban J connectivity index is 0.00000180. The minimum atomic E-state index is -0.422. The smallest absolute Gasteiger partial charge is 0.324 e. The van der Waals surface area contributed by atoms with Crippen molar-refractivity contribution in [3.8, 4) is 0 Å². The number of urea groups is 1. The van der Waals surface area contributed by atoms with Gasteiger partial charge in [-0.2, -0.15) is 0 Å². The molecule has 1 atom stereocenters. The third kappa shape index (κ3) is 3.95. The molecule has 2 rings (SSSR count). The molecular weight excluding hydrogens is 274 g/mol. The number of halogens is 1. The maximum Gasteiger partial charge on any atom is 0.324 e. The summed E-state index contributed by atoms with van der Waals surface area (Å²) in [5, 5.41) is 3.05. The Hall–Kier alpha value is -1.05. The van der Waals surface area contributed by atoms with Crippen LogP contribution in [0.15, 0.2) is 0 Å². The number of carbonyl (C=O) groups excluding carboxylic acids is 2. The quantitative estimate of drug-likeness (QED) is 0.648. The summed E-state index contributed by atoms with van der Waals surface area (Å²) in [5.74, 6) is -0.325. The maximum atomic E-state index is 12.2. The van der Waals surface area contributed by atoms with Gasteiger partial charge < -0.3 is 24.6 Å². The Morgan fingerprint density at radius 2 is 1.89 bits per heavy atom. The molecule has 0 aromatic rings. The van der Waals surface area contributed by atoms with Crippen molar-refractivity contribution in [3.05, 3.63) is 0 Å². The Morgan fingerprint density at radius 3 is 2.53 bits per heavy atom. The molecule has 0 aromatic carbocycles. The molecule has 1 unspecified atom stereocenters. The van der Waals surface area contributed by atoms with Crippen LogP contribution >= 0.6 is 12.4 Å². The monoisotopic (exact) mass is 293 g/mol. The zero-order valence-corrected chi connectivity index (χ0v) is 11.8. The van der Waals surface area contributed by atoms with Crippen LogP contribution in [-0.4, -0.2) is 80.9 Å². The number of piperazine rings is 1. The normalized spacial score (nSPS) is 23.5. The lowest BCUT2D eigenvalue weighted by molar-refractivity contribution is -0.144. The second-order valence-corrected chi connectivity index (χ2v) is 4.36. The summed E-state index contributed by atoms with van der Waals surface area (Å²) in [6.07, 6.45) is 0. The lowest BCUT2D eigenvalue weighted by Gasteiger charge is -2.37. The third-order valence-corrected chi connectivity index (χ3v) is 3.21. The van der Waals surface area contributed by atoms with Crippen molar-refractivity contribution in [1.29, 1.82) is 0 Å². The molecule has 2 fully saturated rings. The van der Waals surface area contributed by atoms with E-state index in [1.54, 1.807) is 9.80 Å². The van der Waals surface area contributed by atoms with E-state index in [9.17, 15) is 9.59 Å². The second-order valence-electron chi connectivity index (χ2n) is 4.36. The van der Waals surface area contributed by atoms with E-state index in [0.29, 0.717) is 45.9 Å². The molecule has 2 aliphatic heterocycles. The van der Waals surface area contributed by atoms with E-state index in [-0.39, 0.29) is 24.4 Å². The van der Waals surface area contributed by atoms with E-state index in [0.717, 1.165) is 0 Å². The predicted octanol–water partition coefficient (Wildman–Crippen LogP) is -0.693. The molecule has 8 heteroatoms. The molecule has 0 radical (unpaired) electrons. The Bertz CT molecular complexity index is 323. The number of rotatable bonds is 1. The predicted molar refractivity (Wildman–Crippen MR) is 70.4 cm³/mol. The van der Waals surface area contributed by atoms with Gasteiger partial charge in [-0.05, 0) is 0 Å². The molecule has 110 valence electrons.